The minimum absolute atomic E-state index is 0.271. The molecule has 6 heteroatoms. The van der Waals surface area contributed by atoms with Crippen molar-refractivity contribution in [1.82, 2.24) is 5.32 Å². The van der Waals surface area contributed by atoms with E-state index in [-0.39, 0.29) is 5.91 Å². The summed E-state index contributed by atoms with van der Waals surface area (Å²) in [6, 6.07) is 4.14. The molecule has 4 nitrogen and oxygen atoms in total. The number of rotatable bonds is 6. The van der Waals surface area contributed by atoms with Gasteiger partial charge in [0.05, 0.1) is 6.61 Å². The van der Waals surface area contributed by atoms with Crippen LogP contribution in [0.25, 0.3) is 0 Å². The summed E-state index contributed by atoms with van der Waals surface area (Å²) < 4.78 is 23.8. The molecule has 0 radical (unpaired) electrons. The Bertz CT molecular complexity index is 394. The molecule has 1 aromatic rings. The monoisotopic (exact) mass is 319 g/mol. The van der Waals surface area contributed by atoms with E-state index in [1.165, 1.54) is 12.1 Å². The smallest absolute Gasteiger partial charge is 0.260 e. The molecule has 0 saturated carbocycles. The largest absolute Gasteiger partial charge is 0.481 e. The second-order valence-corrected chi connectivity index (χ2v) is 4.56. The lowest BCUT2D eigenvalue weighted by molar-refractivity contribution is -0.127. The van der Waals surface area contributed by atoms with Crippen molar-refractivity contribution in [3.8, 4) is 5.75 Å². The highest BCUT2D eigenvalue weighted by Crippen LogP contribution is 2.21. The molecule has 0 aromatic heterocycles. The van der Waals surface area contributed by atoms with Crippen LogP contribution in [0.15, 0.2) is 22.7 Å². The summed E-state index contributed by atoms with van der Waals surface area (Å²) in [5, 5.41) is 2.64. The third kappa shape index (κ3) is 5.01. The Morgan fingerprint density at radius 3 is 2.83 bits per heavy atom. The molecule has 18 heavy (non-hydrogen) atoms. The molecule has 100 valence electrons. The molecule has 1 rings (SSSR count). The summed E-state index contributed by atoms with van der Waals surface area (Å²) in [4.78, 5) is 11.6. The number of ether oxygens (including phenoxy) is 2. The average Bonchev–Trinajstić information content (AvgIpc) is 2.27. The number of amides is 1. The number of benzene rings is 1. The van der Waals surface area contributed by atoms with Gasteiger partial charge in [-0.15, -0.1) is 0 Å². The number of carbonyl (C=O) groups excluding carboxylic acids is 1. The highest BCUT2D eigenvalue weighted by molar-refractivity contribution is 9.10. The van der Waals surface area contributed by atoms with E-state index in [0.29, 0.717) is 23.4 Å². The van der Waals surface area contributed by atoms with Crippen molar-refractivity contribution in [3.63, 3.8) is 0 Å². The fraction of sp³-hybridized carbons (Fsp3) is 0.417. The van der Waals surface area contributed by atoms with Crippen LogP contribution < -0.4 is 10.1 Å². The first-order valence-electron chi connectivity index (χ1n) is 5.42. The highest BCUT2D eigenvalue weighted by atomic mass is 79.9. The van der Waals surface area contributed by atoms with Gasteiger partial charge < -0.3 is 14.8 Å². The van der Waals surface area contributed by atoms with Crippen molar-refractivity contribution in [1.29, 1.82) is 0 Å². The van der Waals surface area contributed by atoms with Crippen LogP contribution >= 0.6 is 15.9 Å². The minimum Gasteiger partial charge on any atom is -0.481 e. The highest BCUT2D eigenvalue weighted by Gasteiger charge is 2.14. The maximum Gasteiger partial charge on any atom is 0.260 e. The molecule has 0 heterocycles. The Labute approximate surface area is 114 Å². The van der Waals surface area contributed by atoms with E-state index in [1.807, 2.05) is 0 Å². The molecule has 1 amide bonds. The number of hydrogen-bond acceptors (Lipinski definition) is 3. The first-order chi connectivity index (χ1) is 8.52. The van der Waals surface area contributed by atoms with Crippen molar-refractivity contribution in [3.05, 3.63) is 28.5 Å². The van der Waals surface area contributed by atoms with E-state index in [4.69, 9.17) is 9.47 Å². The zero-order chi connectivity index (χ0) is 13.5. The standard InChI is InChI=1S/C12H15BrFNO3/c1-8(12(16)15-3-4-17-2)18-11-6-9(13)5-10(14)7-11/h5-8H,3-4H2,1-2H3,(H,15,16). The molecule has 1 N–H and O–H groups in total. The van der Waals surface area contributed by atoms with E-state index >= 15 is 0 Å². The average molecular weight is 320 g/mol. The van der Waals surface area contributed by atoms with Gasteiger partial charge >= 0.3 is 0 Å². The van der Waals surface area contributed by atoms with Gasteiger partial charge in [-0.3, -0.25) is 4.79 Å². The molecule has 0 aliphatic rings. The Balaban J connectivity index is 2.52. The Morgan fingerprint density at radius 1 is 1.50 bits per heavy atom. The molecule has 0 aliphatic carbocycles. The van der Waals surface area contributed by atoms with Gasteiger partial charge in [0, 0.05) is 24.2 Å². The summed E-state index contributed by atoms with van der Waals surface area (Å²) in [5.41, 5.74) is 0. The Kier molecular flexibility index (Phi) is 6.07. The lowest BCUT2D eigenvalue weighted by Crippen LogP contribution is -2.37. The fourth-order valence-electron chi connectivity index (χ4n) is 1.27. The van der Waals surface area contributed by atoms with Crippen molar-refractivity contribution >= 4 is 21.8 Å². The number of nitrogens with one attached hydrogen (secondary N) is 1. The maximum atomic E-state index is 13.1. The van der Waals surface area contributed by atoms with E-state index in [2.05, 4.69) is 21.2 Å². The second-order valence-electron chi connectivity index (χ2n) is 3.65. The van der Waals surface area contributed by atoms with Gasteiger partial charge in [-0.25, -0.2) is 4.39 Å². The molecule has 0 spiro atoms. The third-order valence-electron chi connectivity index (χ3n) is 2.12. The van der Waals surface area contributed by atoms with Crippen molar-refractivity contribution < 1.29 is 18.7 Å². The van der Waals surface area contributed by atoms with Gasteiger partial charge in [0.15, 0.2) is 6.10 Å². The topological polar surface area (TPSA) is 47.6 Å². The molecule has 1 aromatic carbocycles. The lowest BCUT2D eigenvalue weighted by atomic mass is 10.3. The van der Waals surface area contributed by atoms with Gasteiger partial charge in [-0.1, -0.05) is 15.9 Å². The first-order valence-corrected chi connectivity index (χ1v) is 6.21. The molecule has 1 unspecified atom stereocenters. The molecular formula is C12H15BrFNO3. The van der Waals surface area contributed by atoms with E-state index in [1.54, 1.807) is 20.1 Å². The minimum atomic E-state index is -0.699. The summed E-state index contributed by atoms with van der Waals surface area (Å²) in [6.07, 6.45) is -0.699. The molecule has 0 fully saturated rings. The summed E-state index contributed by atoms with van der Waals surface area (Å²) in [7, 11) is 1.55. The Morgan fingerprint density at radius 2 is 2.22 bits per heavy atom. The third-order valence-corrected chi connectivity index (χ3v) is 2.58. The predicted molar refractivity (Wildman–Crippen MR) is 69.1 cm³/mol. The number of methoxy groups -OCH3 is 1. The molecule has 0 saturated heterocycles. The van der Waals surface area contributed by atoms with Gasteiger partial charge in [0.2, 0.25) is 0 Å². The molecule has 1 atom stereocenters. The number of halogens is 2. The van der Waals surface area contributed by atoms with E-state index in [0.717, 1.165) is 0 Å². The van der Waals surface area contributed by atoms with Crippen LogP contribution in [-0.4, -0.2) is 32.3 Å². The van der Waals surface area contributed by atoms with Crippen LogP contribution in [0, 0.1) is 5.82 Å². The zero-order valence-corrected chi connectivity index (χ0v) is 11.8. The van der Waals surface area contributed by atoms with Crippen LogP contribution in [0.2, 0.25) is 0 Å². The van der Waals surface area contributed by atoms with Crippen LogP contribution in [0.3, 0.4) is 0 Å². The van der Waals surface area contributed by atoms with Gasteiger partial charge in [-0.05, 0) is 19.1 Å². The Hall–Kier alpha value is -1.14. The van der Waals surface area contributed by atoms with Crippen LogP contribution in [0.4, 0.5) is 4.39 Å². The van der Waals surface area contributed by atoms with Gasteiger partial charge in [-0.2, -0.15) is 0 Å². The predicted octanol–water partition coefficient (Wildman–Crippen LogP) is 2.12. The molecular weight excluding hydrogens is 305 g/mol. The maximum absolute atomic E-state index is 13.1. The van der Waals surface area contributed by atoms with Crippen molar-refractivity contribution in [2.45, 2.75) is 13.0 Å². The zero-order valence-electron chi connectivity index (χ0n) is 10.2. The van der Waals surface area contributed by atoms with Crippen molar-refractivity contribution in [2.24, 2.45) is 0 Å². The normalized spacial score (nSPS) is 12.0. The molecule has 0 bridgehead atoms. The van der Waals surface area contributed by atoms with Gasteiger partial charge in [0.25, 0.3) is 5.91 Å². The molecule has 0 aliphatic heterocycles. The van der Waals surface area contributed by atoms with E-state index in [9.17, 15) is 9.18 Å². The lowest BCUT2D eigenvalue weighted by Gasteiger charge is -2.14. The van der Waals surface area contributed by atoms with Crippen LogP contribution in [0.1, 0.15) is 6.92 Å². The fourth-order valence-corrected chi connectivity index (χ4v) is 1.72. The summed E-state index contributed by atoms with van der Waals surface area (Å²) in [6.45, 7) is 2.45. The number of carbonyl (C=O) groups is 1. The first kappa shape index (κ1) is 14.9. The summed E-state index contributed by atoms with van der Waals surface area (Å²) in [5.74, 6) is -0.393. The second kappa shape index (κ2) is 7.33. The van der Waals surface area contributed by atoms with Gasteiger partial charge in [0.1, 0.15) is 11.6 Å². The quantitative estimate of drug-likeness (QED) is 0.817. The van der Waals surface area contributed by atoms with Crippen LogP contribution in [-0.2, 0) is 9.53 Å². The van der Waals surface area contributed by atoms with E-state index < -0.39 is 11.9 Å². The van der Waals surface area contributed by atoms with Crippen molar-refractivity contribution in [2.75, 3.05) is 20.3 Å². The summed E-state index contributed by atoms with van der Waals surface area (Å²) >= 11 is 3.15. The number of hydrogen-bond donors (Lipinski definition) is 1. The van der Waals surface area contributed by atoms with Crippen LogP contribution in [0.5, 0.6) is 5.75 Å². The SMILES string of the molecule is COCCNC(=O)C(C)Oc1cc(F)cc(Br)c1.